The third-order valence-electron chi connectivity index (χ3n) is 5.79. The zero-order chi connectivity index (χ0) is 25.2. The number of para-hydroxylation sites is 1. The monoisotopic (exact) mass is 508 g/mol. The number of thioether (sulfide) groups is 1. The second kappa shape index (κ2) is 9.98. The van der Waals surface area contributed by atoms with Gasteiger partial charge in [-0.3, -0.25) is 9.59 Å². The molecule has 1 N–H and O–H groups in total. The van der Waals surface area contributed by atoms with Crippen LogP contribution < -0.4 is 5.32 Å². The first kappa shape index (κ1) is 23.8. The van der Waals surface area contributed by atoms with Crippen molar-refractivity contribution in [2.24, 2.45) is 10.1 Å². The molecule has 0 radical (unpaired) electrons. The number of nitrogens with zero attached hydrogens (tertiary/aromatic N) is 3. The predicted octanol–water partition coefficient (Wildman–Crippen LogP) is 5.28. The van der Waals surface area contributed by atoms with Gasteiger partial charge in [-0.1, -0.05) is 48.2 Å². The molecule has 0 saturated heterocycles. The molecule has 2 aliphatic heterocycles. The van der Waals surface area contributed by atoms with Crippen LogP contribution in [0.1, 0.15) is 30.0 Å². The van der Waals surface area contributed by atoms with Crippen molar-refractivity contribution in [2.75, 3.05) is 5.32 Å². The summed E-state index contributed by atoms with van der Waals surface area (Å²) >= 11 is 1.09. The van der Waals surface area contributed by atoms with Gasteiger partial charge in [0.05, 0.1) is 17.4 Å². The molecule has 3 aromatic carbocycles. The number of anilines is 1. The minimum Gasteiger partial charge on any atom is -0.324 e. The molecule has 6 nitrogen and oxygen atoms in total. The van der Waals surface area contributed by atoms with Gasteiger partial charge in [0, 0.05) is 12.8 Å². The maximum Gasteiger partial charge on any atom is 0.262 e. The zero-order valence-corrected chi connectivity index (χ0v) is 19.5. The fraction of sp³-hybridized carbons (Fsp3) is 0.154. The summed E-state index contributed by atoms with van der Waals surface area (Å²) in [5, 5.41) is 8.22. The highest BCUT2D eigenvalue weighted by molar-refractivity contribution is 8.15. The first-order valence-electron chi connectivity index (χ1n) is 11.1. The van der Waals surface area contributed by atoms with Gasteiger partial charge >= 0.3 is 0 Å². The van der Waals surface area contributed by atoms with Gasteiger partial charge in [0.25, 0.3) is 5.91 Å². The normalized spacial score (nSPS) is 19.3. The summed E-state index contributed by atoms with van der Waals surface area (Å²) in [5.74, 6) is -2.35. The van der Waals surface area contributed by atoms with E-state index in [-0.39, 0.29) is 29.8 Å². The van der Waals surface area contributed by atoms with Crippen molar-refractivity contribution in [3.05, 3.63) is 101 Å². The molecule has 10 heteroatoms. The summed E-state index contributed by atoms with van der Waals surface area (Å²) in [6.45, 7) is 0. The molecule has 0 aliphatic carbocycles. The Hall–Kier alpha value is -3.92. The number of hydrogen-bond donors (Lipinski definition) is 1. The van der Waals surface area contributed by atoms with Gasteiger partial charge in [0.2, 0.25) is 5.91 Å². The summed E-state index contributed by atoms with van der Waals surface area (Å²) in [6, 6.07) is 17.2. The third kappa shape index (κ3) is 5.03. The molecular formula is C26H19F3N4O2S. The molecular weight excluding hydrogens is 489 g/mol. The maximum absolute atomic E-state index is 13.9. The largest absolute Gasteiger partial charge is 0.324 e. The van der Waals surface area contributed by atoms with Gasteiger partial charge in [-0.15, -0.1) is 0 Å². The SMILES string of the molecule is O=C(C[C@H]1SC(N2N=C(c3ccc(F)cc3)C[C@H]2c2ccc(F)cc2)=NC1=O)Nc1ccccc1F. The van der Waals surface area contributed by atoms with Crippen molar-refractivity contribution >= 4 is 40.1 Å². The van der Waals surface area contributed by atoms with E-state index in [4.69, 9.17) is 0 Å². The Bertz CT molecular complexity index is 1380. The van der Waals surface area contributed by atoms with E-state index in [2.05, 4.69) is 15.4 Å². The summed E-state index contributed by atoms with van der Waals surface area (Å²) in [4.78, 5) is 29.3. The summed E-state index contributed by atoms with van der Waals surface area (Å²) < 4.78 is 40.8. The highest BCUT2D eigenvalue weighted by Gasteiger charge is 2.39. The fourth-order valence-electron chi connectivity index (χ4n) is 3.98. The first-order valence-corrected chi connectivity index (χ1v) is 12.0. The van der Waals surface area contributed by atoms with Crippen molar-refractivity contribution < 1.29 is 22.8 Å². The first-order chi connectivity index (χ1) is 17.4. The number of nitrogens with one attached hydrogen (secondary N) is 1. The Kier molecular flexibility index (Phi) is 6.60. The van der Waals surface area contributed by atoms with Gasteiger partial charge in [-0.2, -0.15) is 10.1 Å². The lowest BCUT2D eigenvalue weighted by molar-refractivity contribution is -0.121. The molecule has 0 bridgehead atoms. The quantitative estimate of drug-likeness (QED) is 0.509. The van der Waals surface area contributed by atoms with Crippen LogP contribution >= 0.6 is 11.8 Å². The standard InChI is InChI=1S/C26H19F3N4O2S/c27-17-9-5-15(6-10-17)21-13-22(16-7-11-18(28)12-8-16)33(32-21)26-31-25(35)23(36-26)14-24(34)30-20-4-2-1-3-19(20)29/h1-12,22-23H,13-14H2,(H,30,34)/t22-,23+/m0/s1. The van der Waals surface area contributed by atoms with Crippen molar-refractivity contribution in [3.63, 3.8) is 0 Å². The van der Waals surface area contributed by atoms with E-state index >= 15 is 0 Å². The van der Waals surface area contributed by atoms with Crippen LogP contribution in [-0.4, -0.2) is 33.0 Å². The molecule has 2 atom stereocenters. The topological polar surface area (TPSA) is 74.1 Å². The minimum atomic E-state index is -0.800. The highest BCUT2D eigenvalue weighted by atomic mass is 32.2. The van der Waals surface area contributed by atoms with Crippen molar-refractivity contribution in [3.8, 4) is 0 Å². The molecule has 0 spiro atoms. The van der Waals surface area contributed by atoms with Crippen LogP contribution in [0.2, 0.25) is 0 Å². The molecule has 0 unspecified atom stereocenters. The molecule has 0 fully saturated rings. The predicted molar refractivity (Wildman–Crippen MR) is 132 cm³/mol. The van der Waals surface area contributed by atoms with Crippen molar-refractivity contribution in [2.45, 2.75) is 24.1 Å². The second-order valence-electron chi connectivity index (χ2n) is 8.24. The van der Waals surface area contributed by atoms with Crippen LogP contribution in [0.3, 0.4) is 0 Å². The fourth-order valence-corrected chi connectivity index (χ4v) is 5.05. The minimum absolute atomic E-state index is 0.0311. The number of carbonyl (C=O) groups excluding carboxylic acids is 2. The summed E-state index contributed by atoms with van der Waals surface area (Å²) in [5.41, 5.74) is 2.15. The molecule has 2 heterocycles. The maximum atomic E-state index is 13.9. The molecule has 5 rings (SSSR count). The molecule has 0 aromatic heterocycles. The molecule has 3 aromatic rings. The number of hydrogen-bond acceptors (Lipinski definition) is 5. The lowest BCUT2D eigenvalue weighted by Crippen LogP contribution is -2.25. The van der Waals surface area contributed by atoms with Crippen LogP contribution in [0.4, 0.5) is 18.9 Å². The smallest absolute Gasteiger partial charge is 0.262 e. The lowest BCUT2D eigenvalue weighted by atomic mass is 9.98. The Balaban J connectivity index is 1.36. The van der Waals surface area contributed by atoms with E-state index in [0.29, 0.717) is 22.9 Å². The number of halogens is 3. The van der Waals surface area contributed by atoms with Crippen LogP contribution in [-0.2, 0) is 9.59 Å². The number of aliphatic imine (C=N–C) groups is 1. The van der Waals surface area contributed by atoms with E-state index in [1.54, 1.807) is 35.3 Å². The lowest BCUT2D eigenvalue weighted by Gasteiger charge is -2.23. The van der Waals surface area contributed by atoms with Crippen LogP contribution in [0.25, 0.3) is 0 Å². The van der Waals surface area contributed by atoms with E-state index in [9.17, 15) is 22.8 Å². The number of amides is 2. The zero-order valence-electron chi connectivity index (χ0n) is 18.7. The molecule has 2 amide bonds. The Morgan fingerprint density at radius 3 is 2.33 bits per heavy atom. The van der Waals surface area contributed by atoms with Crippen LogP contribution in [0.15, 0.2) is 82.9 Å². The Morgan fingerprint density at radius 2 is 1.64 bits per heavy atom. The Morgan fingerprint density at radius 1 is 0.972 bits per heavy atom. The third-order valence-corrected chi connectivity index (χ3v) is 6.93. The van der Waals surface area contributed by atoms with E-state index < -0.39 is 22.9 Å². The number of benzene rings is 3. The molecule has 0 saturated carbocycles. The van der Waals surface area contributed by atoms with Crippen molar-refractivity contribution in [1.29, 1.82) is 0 Å². The number of amidine groups is 1. The summed E-state index contributed by atoms with van der Waals surface area (Å²) in [7, 11) is 0. The Labute approximate surface area is 208 Å². The van der Waals surface area contributed by atoms with Gasteiger partial charge < -0.3 is 5.32 Å². The van der Waals surface area contributed by atoms with Gasteiger partial charge in [-0.25, -0.2) is 18.2 Å². The number of carbonyl (C=O) groups is 2. The summed E-state index contributed by atoms with van der Waals surface area (Å²) in [6.07, 6.45) is 0.220. The van der Waals surface area contributed by atoms with E-state index in [1.165, 1.54) is 42.5 Å². The van der Waals surface area contributed by atoms with E-state index in [0.717, 1.165) is 17.3 Å². The van der Waals surface area contributed by atoms with Crippen LogP contribution in [0.5, 0.6) is 0 Å². The highest BCUT2D eigenvalue weighted by Crippen LogP contribution is 2.38. The number of hydrazone groups is 1. The second-order valence-corrected chi connectivity index (χ2v) is 9.41. The van der Waals surface area contributed by atoms with Gasteiger partial charge in [0.15, 0.2) is 5.17 Å². The molecule has 36 heavy (non-hydrogen) atoms. The average Bonchev–Trinajstić information content (AvgIpc) is 3.45. The average molecular weight is 509 g/mol. The van der Waals surface area contributed by atoms with Crippen molar-refractivity contribution in [1.82, 2.24) is 5.01 Å². The number of rotatable bonds is 5. The van der Waals surface area contributed by atoms with Gasteiger partial charge in [-0.05, 0) is 47.5 Å². The van der Waals surface area contributed by atoms with Gasteiger partial charge in [0.1, 0.15) is 22.7 Å². The van der Waals surface area contributed by atoms with E-state index in [1.807, 2.05) is 0 Å². The van der Waals surface area contributed by atoms with Crippen LogP contribution in [0, 0.1) is 17.5 Å². The molecule has 182 valence electrons. The molecule has 2 aliphatic rings.